The van der Waals surface area contributed by atoms with E-state index in [2.05, 4.69) is 118 Å². The summed E-state index contributed by atoms with van der Waals surface area (Å²) in [6.45, 7) is 6.48. The SMILES string of the molecule is CC/C=C\C/C=C\C/C=C\C/C=C\C/C=C\CCCCCCCCCCCC(=O)OCC(COC(=O)CCCCCCC/C=C\CCCCCC)OC(=O)CCCCCCC/C=C\C/C=C\CCCCCC. The van der Waals surface area contributed by atoms with Gasteiger partial charge in [0.15, 0.2) is 6.10 Å². The molecule has 0 rings (SSSR count). The Kier molecular flexibility index (Phi) is 56.8. The fraction of sp³-hybridized carbons (Fsp3) is 0.712. The first-order chi connectivity index (χ1) is 35.5. The van der Waals surface area contributed by atoms with Gasteiger partial charge in [-0.1, -0.05) is 240 Å². The standard InChI is InChI=1S/C66H112O6/c1-4-7-10-13-16-19-22-25-27-29-30-31-32-33-34-35-36-37-39-41-44-47-50-53-56-59-65(68)71-62-63(61-70-64(67)58-55-52-49-46-43-40-24-21-18-15-12-9-6-3)72-66(69)60-57-54-51-48-45-42-38-28-26-23-20-17-14-11-8-5-2/h7,10,16,19-21,23-25,27-28,30-31,33-34,38,63H,4-6,8-9,11-15,17-18,22,26,29,32,35-37,39-62H2,1-3H3/b10-7-,19-16-,23-20-,24-21-,27-25-,31-30-,34-33-,38-28-. The van der Waals surface area contributed by atoms with Gasteiger partial charge in [-0.3, -0.25) is 14.4 Å². The van der Waals surface area contributed by atoms with Gasteiger partial charge < -0.3 is 14.2 Å². The van der Waals surface area contributed by atoms with E-state index in [9.17, 15) is 14.4 Å². The molecule has 0 aromatic carbocycles. The average Bonchev–Trinajstić information content (AvgIpc) is 3.38. The molecule has 0 radical (unpaired) electrons. The molecule has 1 atom stereocenters. The summed E-state index contributed by atoms with van der Waals surface area (Å²) in [5, 5.41) is 0. The van der Waals surface area contributed by atoms with Crippen LogP contribution in [0.2, 0.25) is 0 Å². The second-order valence-electron chi connectivity index (χ2n) is 19.9. The molecule has 0 aliphatic carbocycles. The van der Waals surface area contributed by atoms with Crippen LogP contribution >= 0.6 is 0 Å². The summed E-state index contributed by atoms with van der Waals surface area (Å²) in [4.78, 5) is 38.2. The van der Waals surface area contributed by atoms with Crippen molar-refractivity contribution >= 4 is 17.9 Å². The normalized spacial score (nSPS) is 12.8. The van der Waals surface area contributed by atoms with E-state index in [1.54, 1.807) is 0 Å². The highest BCUT2D eigenvalue weighted by atomic mass is 16.6. The highest BCUT2D eigenvalue weighted by Crippen LogP contribution is 2.15. The highest BCUT2D eigenvalue weighted by Gasteiger charge is 2.19. The molecule has 0 aliphatic heterocycles. The Bertz CT molecular complexity index is 1430. The Morgan fingerprint density at radius 1 is 0.292 bits per heavy atom. The summed E-state index contributed by atoms with van der Waals surface area (Å²) >= 11 is 0. The van der Waals surface area contributed by atoms with Crippen molar-refractivity contribution < 1.29 is 28.6 Å². The Labute approximate surface area is 445 Å². The molecule has 0 aromatic rings. The van der Waals surface area contributed by atoms with Crippen LogP contribution in [-0.4, -0.2) is 37.2 Å². The van der Waals surface area contributed by atoms with Crippen LogP contribution in [0.3, 0.4) is 0 Å². The number of carbonyl (C=O) groups is 3. The lowest BCUT2D eigenvalue weighted by atomic mass is 10.1. The lowest BCUT2D eigenvalue weighted by Gasteiger charge is -2.18. The molecule has 6 nitrogen and oxygen atoms in total. The molecule has 0 amide bonds. The van der Waals surface area contributed by atoms with Crippen LogP contribution in [0.5, 0.6) is 0 Å². The first-order valence-electron chi connectivity index (χ1n) is 30.2. The zero-order chi connectivity index (χ0) is 52.2. The Hall–Kier alpha value is -3.67. The van der Waals surface area contributed by atoms with Crippen LogP contribution in [0.15, 0.2) is 97.2 Å². The van der Waals surface area contributed by atoms with Crippen LogP contribution in [-0.2, 0) is 28.6 Å². The van der Waals surface area contributed by atoms with Crippen molar-refractivity contribution in [1.82, 2.24) is 0 Å². The molecule has 72 heavy (non-hydrogen) atoms. The molecule has 0 aromatic heterocycles. The largest absolute Gasteiger partial charge is 0.462 e. The number of allylic oxidation sites excluding steroid dienone is 16. The molecular weight excluding hydrogens is 889 g/mol. The summed E-state index contributed by atoms with van der Waals surface area (Å²) in [5.41, 5.74) is 0. The minimum absolute atomic E-state index is 0.0889. The molecule has 1 unspecified atom stereocenters. The number of esters is 3. The van der Waals surface area contributed by atoms with Crippen molar-refractivity contribution in [2.75, 3.05) is 13.2 Å². The van der Waals surface area contributed by atoms with Crippen LogP contribution in [0.25, 0.3) is 0 Å². The number of rotatable bonds is 54. The van der Waals surface area contributed by atoms with Gasteiger partial charge in [0.05, 0.1) is 0 Å². The zero-order valence-corrected chi connectivity index (χ0v) is 47.2. The van der Waals surface area contributed by atoms with Gasteiger partial charge >= 0.3 is 17.9 Å². The second-order valence-corrected chi connectivity index (χ2v) is 19.9. The number of carbonyl (C=O) groups excluding carboxylic acids is 3. The molecule has 0 spiro atoms. The maximum Gasteiger partial charge on any atom is 0.306 e. The molecule has 412 valence electrons. The van der Waals surface area contributed by atoms with Crippen molar-refractivity contribution in [3.8, 4) is 0 Å². The summed E-state index contributed by atoms with van der Waals surface area (Å²) < 4.78 is 16.9. The fourth-order valence-corrected chi connectivity index (χ4v) is 8.26. The first kappa shape index (κ1) is 68.3. The number of ether oxygens (including phenoxy) is 3. The summed E-state index contributed by atoms with van der Waals surface area (Å²) in [7, 11) is 0. The molecule has 0 aliphatic rings. The van der Waals surface area contributed by atoms with E-state index in [0.29, 0.717) is 19.3 Å². The van der Waals surface area contributed by atoms with E-state index in [1.165, 1.54) is 116 Å². The van der Waals surface area contributed by atoms with Gasteiger partial charge in [-0.2, -0.15) is 0 Å². The lowest BCUT2D eigenvalue weighted by molar-refractivity contribution is -0.167. The molecule has 0 fully saturated rings. The third-order valence-corrected chi connectivity index (χ3v) is 12.8. The van der Waals surface area contributed by atoms with Crippen molar-refractivity contribution in [1.29, 1.82) is 0 Å². The van der Waals surface area contributed by atoms with Gasteiger partial charge in [-0.25, -0.2) is 0 Å². The maximum atomic E-state index is 12.9. The molecule has 0 saturated heterocycles. The monoisotopic (exact) mass is 1000 g/mol. The zero-order valence-electron chi connectivity index (χ0n) is 47.2. The molecule has 0 N–H and O–H groups in total. The summed E-state index contributed by atoms with van der Waals surface area (Å²) in [6.07, 6.45) is 79.7. The predicted octanol–water partition coefficient (Wildman–Crippen LogP) is 20.5. The molecule has 0 saturated carbocycles. The van der Waals surface area contributed by atoms with Crippen molar-refractivity contribution in [3.63, 3.8) is 0 Å². The van der Waals surface area contributed by atoms with E-state index in [4.69, 9.17) is 14.2 Å². The predicted molar refractivity (Wildman–Crippen MR) is 311 cm³/mol. The van der Waals surface area contributed by atoms with Crippen molar-refractivity contribution in [3.05, 3.63) is 97.2 Å². The first-order valence-corrected chi connectivity index (χ1v) is 30.2. The fourth-order valence-electron chi connectivity index (χ4n) is 8.26. The van der Waals surface area contributed by atoms with Crippen LogP contribution < -0.4 is 0 Å². The molecule has 0 bridgehead atoms. The third kappa shape index (κ3) is 57.2. The lowest BCUT2D eigenvalue weighted by Crippen LogP contribution is -2.30. The van der Waals surface area contributed by atoms with Gasteiger partial charge in [-0.15, -0.1) is 0 Å². The van der Waals surface area contributed by atoms with E-state index in [0.717, 1.165) is 128 Å². The molecule has 0 heterocycles. The summed E-state index contributed by atoms with van der Waals surface area (Å²) in [6, 6.07) is 0. The number of unbranched alkanes of at least 4 members (excludes halogenated alkanes) is 27. The summed E-state index contributed by atoms with van der Waals surface area (Å²) in [5.74, 6) is -0.912. The quantitative estimate of drug-likeness (QED) is 0.0261. The van der Waals surface area contributed by atoms with Gasteiger partial charge in [-0.05, 0) is 122 Å². The van der Waals surface area contributed by atoms with E-state index in [1.807, 2.05) is 0 Å². The van der Waals surface area contributed by atoms with Gasteiger partial charge in [0.1, 0.15) is 13.2 Å². The van der Waals surface area contributed by atoms with Crippen molar-refractivity contribution in [2.45, 2.75) is 290 Å². The molecule has 6 heteroatoms. The third-order valence-electron chi connectivity index (χ3n) is 12.8. The van der Waals surface area contributed by atoms with Crippen molar-refractivity contribution in [2.24, 2.45) is 0 Å². The minimum Gasteiger partial charge on any atom is -0.462 e. The Balaban J connectivity index is 4.35. The average molecular weight is 1000 g/mol. The Morgan fingerprint density at radius 3 is 0.861 bits per heavy atom. The van der Waals surface area contributed by atoms with Crippen LogP contribution in [0, 0.1) is 0 Å². The number of hydrogen-bond donors (Lipinski definition) is 0. The van der Waals surface area contributed by atoms with Crippen LogP contribution in [0.1, 0.15) is 284 Å². The highest BCUT2D eigenvalue weighted by molar-refractivity contribution is 5.71. The Morgan fingerprint density at radius 2 is 0.542 bits per heavy atom. The van der Waals surface area contributed by atoms with Gasteiger partial charge in [0.2, 0.25) is 0 Å². The van der Waals surface area contributed by atoms with Gasteiger partial charge in [0, 0.05) is 19.3 Å². The minimum atomic E-state index is -0.792. The van der Waals surface area contributed by atoms with E-state index >= 15 is 0 Å². The van der Waals surface area contributed by atoms with Crippen LogP contribution in [0.4, 0.5) is 0 Å². The topological polar surface area (TPSA) is 78.9 Å². The van der Waals surface area contributed by atoms with E-state index in [-0.39, 0.29) is 31.1 Å². The maximum absolute atomic E-state index is 12.9. The van der Waals surface area contributed by atoms with Gasteiger partial charge in [0.25, 0.3) is 0 Å². The molecular formula is C66H112O6. The van der Waals surface area contributed by atoms with E-state index < -0.39 is 6.10 Å². The smallest absolute Gasteiger partial charge is 0.306 e. The number of hydrogen-bond acceptors (Lipinski definition) is 6. The second kappa shape index (κ2) is 59.9.